The van der Waals surface area contributed by atoms with E-state index in [2.05, 4.69) is 11.4 Å². The second kappa shape index (κ2) is 12.8. The Hall–Kier alpha value is -3.82. The van der Waals surface area contributed by atoms with Gasteiger partial charge in [0, 0.05) is 31.1 Å². The highest BCUT2D eigenvalue weighted by Crippen LogP contribution is 2.33. The van der Waals surface area contributed by atoms with Crippen molar-refractivity contribution in [3.8, 4) is 6.07 Å². The van der Waals surface area contributed by atoms with Crippen molar-refractivity contribution in [2.45, 2.75) is 45.4 Å². The van der Waals surface area contributed by atoms with Gasteiger partial charge in [0.15, 0.2) is 0 Å². The zero-order valence-corrected chi connectivity index (χ0v) is 20.2. The zero-order chi connectivity index (χ0) is 30.5. The number of nitrogens with zero attached hydrogens (tertiary/aromatic N) is 2. The van der Waals surface area contributed by atoms with Crippen LogP contribution in [0.15, 0.2) is 72.8 Å². The number of hydrogen-bond acceptors (Lipinski definition) is 5. The highest BCUT2D eigenvalue weighted by atomic mass is 16.5. The van der Waals surface area contributed by atoms with Crippen molar-refractivity contribution in [2.75, 3.05) is 24.5 Å². The molecular formula is C30H33N3O3. The van der Waals surface area contributed by atoms with Gasteiger partial charge in [-0.3, -0.25) is 0 Å². The minimum atomic E-state index is -3.11. The van der Waals surface area contributed by atoms with E-state index in [4.69, 9.17) is 17.7 Å². The molecule has 1 aliphatic heterocycles. The molecule has 1 N–H and O–H groups in total. The smallest absolute Gasteiger partial charge is 0.407 e. The molecule has 3 aromatic carbocycles. The van der Waals surface area contributed by atoms with Crippen molar-refractivity contribution in [3.63, 3.8) is 0 Å². The number of hydrogen-bond donors (Lipinski definition) is 1. The van der Waals surface area contributed by atoms with Gasteiger partial charge in [-0.15, -0.1) is 0 Å². The SMILES string of the molecule is [2H]C([2H])(OCc1ccccc1)C([2H])([2H])C([2H])([2H])N1CCc2cc(C[C@@H](C)NC(=O)OCc3ccccc3)cc(C#N)c21. The molecule has 0 aromatic heterocycles. The van der Waals surface area contributed by atoms with Crippen molar-refractivity contribution in [2.24, 2.45) is 0 Å². The summed E-state index contributed by atoms with van der Waals surface area (Å²) in [6.07, 6.45) is -2.97. The second-order valence-electron chi connectivity index (χ2n) is 8.59. The van der Waals surface area contributed by atoms with Gasteiger partial charge in [0.2, 0.25) is 0 Å². The van der Waals surface area contributed by atoms with Gasteiger partial charge in [-0.25, -0.2) is 4.79 Å². The van der Waals surface area contributed by atoms with E-state index in [1.54, 1.807) is 43.3 Å². The predicted octanol–water partition coefficient (Wildman–Crippen LogP) is 5.39. The molecular weight excluding hydrogens is 450 g/mol. The molecule has 4 rings (SSSR count). The van der Waals surface area contributed by atoms with E-state index < -0.39 is 25.5 Å². The second-order valence-corrected chi connectivity index (χ2v) is 8.59. The summed E-state index contributed by atoms with van der Waals surface area (Å²) in [5, 5.41) is 12.7. The Morgan fingerprint density at radius 2 is 1.78 bits per heavy atom. The largest absolute Gasteiger partial charge is 0.445 e. The van der Waals surface area contributed by atoms with E-state index in [0.29, 0.717) is 24.0 Å². The Kier molecular flexibility index (Phi) is 6.54. The Labute approximate surface area is 221 Å². The quantitative estimate of drug-likeness (QED) is 0.391. The van der Waals surface area contributed by atoms with Crippen molar-refractivity contribution < 1.29 is 22.5 Å². The maximum atomic E-state index is 12.3. The molecule has 0 spiro atoms. The molecule has 0 aliphatic carbocycles. The molecule has 0 saturated heterocycles. The number of nitrogens with one attached hydrogen (secondary N) is 1. The molecule has 1 atom stereocenters. The van der Waals surface area contributed by atoms with Gasteiger partial charge in [0.25, 0.3) is 0 Å². The van der Waals surface area contributed by atoms with Crippen LogP contribution in [0.2, 0.25) is 0 Å². The van der Waals surface area contributed by atoms with Gasteiger partial charge < -0.3 is 19.7 Å². The van der Waals surface area contributed by atoms with Crippen molar-refractivity contribution >= 4 is 11.8 Å². The minimum absolute atomic E-state index is 0.0500. The number of carbonyl (C=O) groups excluding carboxylic acids is 1. The van der Waals surface area contributed by atoms with Crippen LogP contribution in [-0.2, 0) is 35.5 Å². The molecule has 0 saturated carbocycles. The number of nitriles is 1. The number of alkyl carbamates (subject to hydrolysis) is 1. The average Bonchev–Trinajstić information content (AvgIpc) is 3.40. The third kappa shape index (κ3) is 7.10. The number of fused-ring (bicyclic) bond motifs is 1. The van der Waals surface area contributed by atoms with Gasteiger partial charge in [0.05, 0.1) is 20.6 Å². The first kappa shape index (κ1) is 18.4. The molecule has 6 heteroatoms. The molecule has 36 heavy (non-hydrogen) atoms. The van der Waals surface area contributed by atoms with Crippen molar-refractivity contribution in [3.05, 3.63) is 101 Å². The van der Waals surface area contributed by atoms with E-state index in [-0.39, 0.29) is 37.1 Å². The number of amides is 1. The van der Waals surface area contributed by atoms with Crippen LogP contribution in [0.5, 0.6) is 0 Å². The van der Waals surface area contributed by atoms with Gasteiger partial charge in [0.1, 0.15) is 12.7 Å². The Balaban J connectivity index is 1.46. The van der Waals surface area contributed by atoms with Crippen LogP contribution in [0.1, 0.15) is 49.3 Å². The number of ether oxygens (including phenoxy) is 2. The fourth-order valence-electron chi connectivity index (χ4n) is 4.12. The summed E-state index contributed by atoms with van der Waals surface area (Å²) in [6.45, 7) is -4.09. The fourth-order valence-corrected chi connectivity index (χ4v) is 4.12. The maximum Gasteiger partial charge on any atom is 0.407 e. The summed E-state index contributed by atoms with van der Waals surface area (Å²) < 4.78 is 61.8. The number of benzene rings is 3. The molecule has 1 heterocycles. The van der Waals surface area contributed by atoms with Crippen LogP contribution < -0.4 is 10.2 Å². The normalized spacial score (nSPS) is 16.7. The molecule has 186 valence electrons. The van der Waals surface area contributed by atoms with E-state index >= 15 is 0 Å². The highest BCUT2D eigenvalue weighted by molar-refractivity contribution is 5.69. The first-order chi connectivity index (χ1) is 19.9. The third-order valence-corrected chi connectivity index (χ3v) is 5.76. The molecule has 0 unspecified atom stereocenters. The Morgan fingerprint density at radius 1 is 1.08 bits per heavy atom. The summed E-state index contributed by atoms with van der Waals surface area (Å²) in [5.41, 5.74) is 3.25. The van der Waals surface area contributed by atoms with Crippen LogP contribution in [-0.4, -0.2) is 31.7 Å². The summed E-state index contributed by atoms with van der Waals surface area (Å²) in [7, 11) is 0. The summed E-state index contributed by atoms with van der Waals surface area (Å²) in [4.78, 5) is 13.4. The summed E-state index contributed by atoms with van der Waals surface area (Å²) >= 11 is 0. The van der Waals surface area contributed by atoms with Gasteiger partial charge in [-0.1, -0.05) is 66.7 Å². The Bertz CT molecular complexity index is 1430. The van der Waals surface area contributed by atoms with Crippen molar-refractivity contribution in [1.29, 1.82) is 5.26 Å². The maximum absolute atomic E-state index is 12.3. The van der Waals surface area contributed by atoms with E-state index in [1.807, 2.05) is 36.4 Å². The molecule has 1 aliphatic rings. The van der Waals surface area contributed by atoms with Gasteiger partial charge >= 0.3 is 6.09 Å². The van der Waals surface area contributed by atoms with Crippen LogP contribution in [0.3, 0.4) is 0 Å². The van der Waals surface area contributed by atoms with Crippen molar-refractivity contribution in [1.82, 2.24) is 5.32 Å². The van der Waals surface area contributed by atoms with Gasteiger partial charge in [-0.05, 0) is 54.5 Å². The molecule has 0 fully saturated rings. The number of carbonyl (C=O) groups is 1. The molecule has 3 aromatic rings. The van der Waals surface area contributed by atoms with Crippen LogP contribution in [0.4, 0.5) is 10.5 Å². The molecule has 0 bridgehead atoms. The van der Waals surface area contributed by atoms with E-state index in [0.717, 1.165) is 16.0 Å². The third-order valence-electron chi connectivity index (χ3n) is 5.76. The van der Waals surface area contributed by atoms with E-state index in [1.165, 1.54) is 0 Å². The first-order valence-electron chi connectivity index (χ1n) is 14.8. The highest BCUT2D eigenvalue weighted by Gasteiger charge is 2.23. The molecule has 1 amide bonds. The van der Waals surface area contributed by atoms with E-state index in [9.17, 15) is 10.1 Å². The summed E-state index contributed by atoms with van der Waals surface area (Å²) in [6, 6.07) is 23.2. The lowest BCUT2D eigenvalue weighted by molar-refractivity contribution is 0.119. The first-order valence-corrected chi connectivity index (χ1v) is 11.8. The lowest BCUT2D eigenvalue weighted by Crippen LogP contribution is -2.34. The fraction of sp³-hybridized carbons (Fsp3) is 0.333. The minimum Gasteiger partial charge on any atom is -0.445 e. The van der Waals surface area contributed by atoms with Crippen LogP contribution >= 0.6 is 0 Å². The van der Waals surface area contributed by atoms with Crippen LogP contribution in [0, 0.1) is 11.3 Å². The topological polar surface area (TPSA) is 74.6 Å². The lowest BCUT2D eigenvalue weighted by atomic mass is 9.99. The standard InChI is InChI=1S/C30H33N3O3/c1-23(32-30(34)36-22-25-11-6-3-7-12-25)17-26-18-27-13-15-33(29(27)28(19-26)20-31)14-8-16-35-21-24-9-4-2-5-10-24/h2-7,9-12,18-19,23H,8,13-17,21-22H2,1H3,(H,32,34)/t23-/m1/s1/i8D2,14D2,16D2. The monoisotopic (exact) mass is 489 g/mol. The average molecular weight is 490 g/mol. The van der Waals surface area contributed by atoms with Gasteiger partial charge in [-0.2, -0.15) is 5.26 Å². The Morgan fingerprint density at radius 3 is 2.47 bits per heavy atom. The predicted molar refractivity (Wildman–Crippen MR) is 141 cm³/mol. The lowest BCUT2D eigenvalue weighted by Gasteiger charge is -2.21. The zero-order valence-electron chi connectivity index (χ0n) is 26.2. The number of rotatable bonds is 11. The summed E-state index contributed by atoms with van der Waals surface area (Å²) in [5.74, 6) is 0. The van der Waals surface area contributed by atoms with Crippen LogP contribution in [0.25, 0.3) is 0 Å². The number of anilines is 1. The molecule has 0 radical (unpaired) electrons. The molecule has 6 nitrogen and oxygen atoms in total.